The van der Waals surface area contributed by atoms with Crippen LogP contribution in [0.5, 0.6) is 0 Å². The van der Waals surface area contributed by atoms with Crippen LogP contribution < -0.4 is 10.2 Å². The highest BCUT2D eigenvalue weighted by atomic mass is 35.5. The molecule has 1 rings (SSSR count). The zero-order valence-corrected chi connectivity index (χ0v) is 9.36. The summed E-state index contributed by atoms with van der Waals surface area (Å²) in [4.78, 5) is 12.2. The van der Waals surface area contributed by atoms with Crippen molar-refractivity contribution < 1.29 is 13.6 Å². The predicted molar refractivity (Wildman–Crippen MR) is 52.5 cm³/mol. The van der Waals surface area contributed by atoms with Gasteiger partial charge in [-0.15, -0.1) is 10.2 Å². The Morgan fingerprint density at radius 3 is 2.60 bits per heavy atom. The summed E-state index contributed by atoms with van der Waals surface area (Å²) in [5.41, 5.74) is 0. The highest BCUT2D eigenvalue weighted by molar-refractivity contribution is 7.15. The van der Waals surface area contributed by atoms with E-state index in [1.165, 1.54) is 14.1 Å². The van der Waals surface area contributed by atoms with E-state index in [9.17, 15) is 13.6 Å². The standard InChI is InChI=1S/C6H7ClF2N4OS/c1-10-4(14)13(2)5-12-11-3(15-5)6(7,8)9/h1-2H3,(H,10,14). The molecular weight excluding hydrogens is 250 g/mol. The molecule has 5 nitrogen and oxygen atoms in total. The molecule has 0 saturated carbocycles. The predicted octanol–water partition coefficient (Wildman–Crippen LogP) is 1.60. The maximum Gasteiger partial charge on any atom is 0.375 e. The summed E-state index contributed by atoms with van der Waals surface area (Å²) < 4.78 is 25.1. The van der Waals surface area contributed by atoms with Crippen LogP contribution in [0.15, 0.2) is 0 Å². The summed E-state index contributed by atoms with van der Waals surface area (Å²) in [7, 11) is 2.80. The first kappa shape index (κ1) is 12.1. The number of nitrogens with one attached hydrogen (secondary N) is 1. The van der Waals surface area contributed by atoms with Crippen molar-refractivity contribution in [2.24, 2.45) is 0 Å². The molecule has 0 radical (unpaired) electrons. The second-order valence-corrected chi connectivity index (χ2v) is 3.93. The summed E-state index contributed by atoms with van der Waals surface area (Å²) in [6.07, 6.45) is 0. The van der Waals surface area contributed by atoms with Gasteiger partial charge in [-0.25, -0.2) is 4.79 Å². The number of hydrogen-bond donors (Lipinski definition) is 1. The Kier molecular flexibility index (Phi) is 3.40. The number of halogens is 3. The highest BCUT2D eigenvalue weighted by Crippen LogP contribution is 2.36. The van der Waals surface area contributed by atoms with Crippen LogP contribution >= 0.6 is 22.9 Å². The maximum atomic E-state index is 12.6. The van der Waals surface area contributed by atoms with Gasteiger partial charge in [0, 0.05) is 14.1 Å². The van der Waals surface area contributed by atoms with Crippen LogP contribution in [-0.2, 0) is 5.38 Å². The number of urea groups is 1. The molecule has 1 N–H and O–H groups in total. The molecule has 0 saturated heterocycles. The second-order valence-electron chi connectivity index (χ2n) is 2.50. The van der Waals surface area contributed by atoms with Crippen molar-refractivity contribution in [1.29, 1.82) is 0 Å². The summed E-state index contributed by atoms with van der Waals surface area (Å²) in [6.45, 7) is 0. The first-order valence-corrected chi connectivity index (χ1v) is 4.92. The smallest absolute Gasteiger partial charge is 0.341 e. The van der Waals surface area contributed by atoms with Gasteiger partial charge in [0.25, 0.3) is 0 Å². The van der Waals surface area contributed by atoms with Crippen LogP contribution in [0.4, 0.5) is 18.7 Å². The molecule has 0 atom stereocenters. The van der Waals surface area contributed by atoms with Crippen LogP contribution in [0, 0.1) is 0 Å². The van der Waals surface area contributed by atoms with Crippen molar-refractivity contribution in [2.45, 2.75) is 5.38 Å². The van der Waals surface area contributed by atoms with Gasteiger partial charge in [-0.05, 0) is 11.6 Å². The molecule has 2 amide bonds. The largest absolute Gasteiger partial charge is 0.375 e. The number of anilines is 1. The van der Waals surface area contributed by atoms with Crippen LogP contribution in [0.1, 0.15) is 5.01 Å². The average Bonchev–Trinajstić information content (AvgIpc) is 2.63. The molecule has 1 aromatic rings. The van der Waals surface area contributed by atoms with Crippen molar-refractivity contribution in [3.05, 3.63) is 5.01 Å². The van der Waals surface area contributed by atoms with Crippen LogP contribution in [0.3, 0.4) is 0 Å². The van der Waals surface area contributed by atoms with E-state index in [0.717, 1.165) is 4.90 Å². The first-order chi connectivity index (χ1) is 6.86. The molecule has 0 unspecified atom stereocenters. The Morgan fingerprint density at radius 1 is 1.60 bits per heavy atom. The number of rotatable bonds is 2. The molecule has 15 heavy (non-hydrogen) atoms. The number of aromatic nitrogens is 2. The van der Waals surface area contributed by atoms with Gasteiger partial charge in [-0.2, -0.15) is 8.78 Å². The summed E-state index contributed by atoms with van der Waals surface area (Å²) >= 11 is 5.30. The molecule has 0 aliphatic rings. The van der Waals surface area contributed by atoms with Crippen molar-refractivity contribution in [1.82, 2.24) is 15.5 Å². The number of amides is 2. The Balaban J connectivity index is 2.89. The van der Waals surface area contributed by atoms with E-state index in [-0.39, 0.29) is 5.13 Å². The van der Waals surface area contributed by atoms with Crippen LogP contribution in [0.2, 0.25) is 0 Å². The van der Waals surface area contributed by atoms with Crippen molar-refractivity contribution in [3.8, 4) is 0 Å². The zero-order chi connectivity index (χ0) is 11.6. The lowest BCUT2D eigenvalue weighted by molar-refractivity contribution is 0.0939. The molecule has 1 heterocycles. The van der Waals surface area contributed by atoms with Gasteiger partial charge in [-0.3, -0.25) is 4.90 Å². The van der Waals surface area contributed by atoms with Crippen LogP contribution in [-0.4, -0.2) is 30.3 Å². The molecule has 0 bridgehead atoms. The molecule has 84 valence electrons. The van der Waals surface area contributed by atoms with Gasteiger partial charge in [-0.1, -0.05) is 11.3 Å². The molecule has 0 fully saturated rings. The van der Waals surface area contributed by atoms with Gasteiger partial charge in [0.1, 0.15) is 0 Å². The molecule has 0 aromatic carbocycles. The van der Waals surface area contributed by atoms with Gasteiger partial charge in [0.2, 0.25) is 10.1 Å². The minimum atomic E-state index is -3.56. The van der Waals surface area contributed by atoms with E-state index in [1.807, 2.05) is 0 Å². The molecular formula is C6H7ClF2N4OS. The third-order valence-electron chi connectivity index (χ3n) is 1.46. The van der Waals surface area contributed by atoms with Gasteiger partial charge >= 0.3 is 11.4 Å². The summed E-state index contributed by atoms with van der Waals surface area (Å²) in [5, 5.41) is 4.77. The van der Waals surface area contributed by atoms with E-state index in [2.05, 4.69) is 15.5 Å². The fraction of sp³-hybridized carbons (Fsp3) is 0.500. The summed E-state index contributed by atoms with van der Waals surface area (Å²) in [6, 6.07) is -0.476. The topological polar surface area (TPSA) is 58.1 Å². The number of carbonyl (C=O) groups is 1. The molecule has 9 heteroatoms. The molecule has 0 spiro atoms. The first-order valence-electron chi connectivity index (χ1n) is 3.72. The molecule has 1 aromatic heterocycles. The van der Waals surface area contributed by atoms with Crippen molar-refractivity contribution >= 4 is 34.1 Å². The normalized spacial score (nSPS) is 11.3. The van der Waals surface area contributed by atoms with Gasteiger partial charge < -0.3 is 5.32 Å². The highest BCUT2D eigenvalue weighted by Gasteiger charge is 2.33. The van der Waals surface area contributed by atoms with E-state index >= 15 is 0 Å². The minimum Gasteiger partial charge on any atom is -0.341 e. The quantitative estimate of drug-likeness (QED) is 0.818. The van der Waals surface area contributed by atoms with Crippen LogP contribution in [0.25, 0.3) is 0 Å². The lowest BCUT2D eigenvalue weighted by atomic mass is 10.7. The van der Waals surface area contributed by atoms with E-state index in [1.54, 1.807) is 0 Å². The lowest BCUT2D eigenvalue weighted by Crippen LogP contribution is -2.34. The van der Waals surface area contributed by atoms with E-state index in [4.69, 9.17) is 11.6 Å². The Bertz CT molecular complexity index is 366. The lowest BCUT2D eigenvalue weighted by Gasteiger charge is -2.11. The van der Waals surface area contributed by atoms with Gasteiger partial charge in [0.15, 0.2) is 0 Å². The monoisotopic (exact) mass is 256 g/mol. The second kappa shape index (κ2) is 4.23. The number of carbonyl (C=O) groups excluding carboxylic acids is 1. The van der Waals surface area contributed by atoms with Crippen molar-refractivity contribution in [3.63, 3.8) is 0 Å². The number of hydrogen-bond acceptors (Lipinski definition) is 4. The third-order valence-corrected chi connectivity index (χ3v) is 2.82. The fourth-order valence-electron chi connectivity index (χ4n) is 0.720. The number of alkyl halides is 3. The molecule has 0 aliphatic carbocycles. The van der Waals surface area contributed by atoms with E-state index < -0.39 is 16.4 Å². The summed E-state index contributed by atoms with van der Waals surface area (Å²) in [5.74, 6) is 0. The maximum absolute atomic E-state index is 12.6. The Labute approximate surface area is 93.0 Å². The van der Waals surface area contributed by atoms with E-state index in [0.29, 0.717) is 11.3 Å². The number of nitrogens with zero attached hydrogens (tertiary/aromatic N) is 3. The van der Waals surface area contributed by atoms with Gasteiger partial charge in [0.05, 0.1) is 0 Å². The average molecular weight is 257 g/mol. The molecule has 0 aliphatic heterocycles. The minimum absolute atomic E-state index is 0.0460. The Morgan fingerprint density at radius 2 is 2.20 bits per heavy atom. The van der Waals surface area contributed by atoms with Crippen molar-refractivity contribution in [2.75, 3.05) is 19.0 Å². The third kappa shape index (κ3) is 2.72. The zero-order valence-electron chi connectivity index (χ0n) is 7.79. The SMILES string of the molecule is CNC(=O)N(C)c1nnc(C(F)(F)Cl)s1. The Hall–Kier alpha value is -1.02. The fourth-order valence-corrected chi connectivity index (χ4v) is 1.55.